The van der Waals surface area contributed by atoms with E-state index in [0.29, 0.717) is 7.93 Å². The van der Waals surface area contributed by atoms with Crippen LogP contribution < -0.4 is 0 Å². The Morgan fingerprint density at radius 2 is 0.903 bits per heavy atom. The number of rotatable bonds is 14. The molecule has 3 rings (SSSR count). The molecule has 0 radical (unpaired) electrons. The minimum absolute atomic E-state index is 0.238. The Morgan fingerprint density at radius 1 is 0.516 bits per heavy atom. The minimum Gasteiger partial charge on any atom is -0.100 e. The van der Waals surface area contributed by atoms with Crippen LogP contribution in [0.1, 0.15) is 55.2 Å². The summed E-state index contributed by atoms with van der Waals surface area (Å²) in [7, 11) is 0.585. The van der Waals surface area contributed by atoms with E-state index in [2.05, 4.69) is 91.0 Å². The van der Waals surface area contributed by atoms with Gasteiger partial charge in [-0.05, 0) is 68.3 Å². The molecule has 0 aromatic heterocycles. The first kappa shape index (κ1) is 24.0. The van der Waals surface area contributed by atoms with Gasteiger partial charge in [0, 0.05) is 0 Å². The van der Waals surface area contributed by atoms with Crippen LogP contribution in [0, 0.1) is 5.41 Å². The smallest absolute Gasteiger partial charge is 0.0176 e. The predicted octanol–water partition coefficient (Wildman–Crippen LogP) is 8.87. The Hall–Kier alpha value is -1.62. The molecule has 0 fully saturated rings. The van der Waals surface area contributed by atoms with Gasteiger partial charge in [-0.25, -0.2) is 0 Å². The van der Waals surface area contributed by atoms with E-state index in [1.165, 1.54) is 61.4 Å². The second-order valence-corrected chi connectivity index (χ2v) is 10.5. The molecule has 0 aliphatic heterocycles. The van der Waals surface area contributed by atoms with Gasteiger partial charge in [-0.3, -0.25) is 0 Å². The first-order valence-corrected chi connectivity index (χ1v) is 14.0. The van der Waals surface area contributed by atoms with Gasteiger partial charge in [0.2, 0.25) is 0 Å². The van der Waals surface area contributed by atoms with Crippen LogP contribution >= 0.6 is 19.2 Å². The van der Waals surface area contributed by atoms with Gasteiger partial charge in [-0.2, -0.15) is 0 Å². The first-order valence-electron chi connectivity index (χ1n) is 11.7. The summed E-state index contributed by atoms with van der Waals surface area (Å²) < 4.78 is 0. The highest BCUT2D eigenvalue weighted by molar-refractivity contribution is 7.68. The second kappa shape index (κ2) is 13.7. The van der Waals surface area contributed by atoms with Crippen LogP contribution in [0.5, 0.6) is 0 Å². The zero-order valence-corrected chi connectivity index (χ0v) is 20.4. The third-order valence-electron chi connectivity index (χ3n) is 6.24. The monoisotopic (exact) mass is 450 g/mol. The number of halogens is 1. The molecule has 0 saturated carbocycles. The fourth-order valence-corrected chi connectivity index (χ4v) is 5.55. The van der Waals surface area contributed by atoms with Crippen LogP contribution in [0.3, 0.4) is 0 Å². The number of hydrogen-bond acceptors (Lipinski definition) is 0. The zero-order chi connectivity index (χ0) is 21.6. The van der Waals surface area contributed by atoms with Gasteiger partial charge in [0.15, 0.2) is 0 Å². The van der Waals surface area contributed by atoms with Crippen molar-refractivity contribution in [1.29, 1.82) is 0 Å². The predicted molar refractivity (Wildman–Crippen MR) is 140 cm³/mol. The summed E-state index contributed by atoms with van der Waals surface area (Å²) in [5.74, 6) is 0. The highest BCUT2D eigenvalue weighted by Gasteiger charge is 2.30. The van der Waals surface area contributed by atoms with Gasteiger partial charge in [0.1, 0.15) is 0 Å². The fourth-order valence-electron chi connectivity index (χ4n) is 4.76. The first-order chi connectivity index (χ1) is 15.3. The molecule has 0 amide bonds. The van der Waals surface area contributed by atoms with E-state index in [1.807, 2.05) is 0 Å². The molecule has 3 aromatic carbocycles. The minimum atomic E-state index is 0.238. The average Bonchev–Trinajstić information content (AvgIpc) is 2.80. The van der Waals surface area contributed by atoms with E-state index in [4.69, 9.17) is 11.2 Å². The molecule has 0 aliphatic rings. The van der Waals surface area contributed by atoms with E-state index >= 15 is 0 Å². The van der Waals surface area contributed by atoms with Crippen LogP contribution in [0.15, 0.2) is 91.0 Å². The van der Waals surface area contributed by atoms with Crippen molar-refractivity contribution in [2.75, 3.05) is 6.16 Å². The molecule has 0 nitrogen and oxygen atoms in total. The van der Waals surface area contributed by atoms with Crippen LogP contribution in [0.4, 0.5) is 0 Å². The van der Waals surface area contributed by atoms with Crippen molar-refractivity contribution in [3.63, 3.8) is 0 Å². The molecular weight excluding hydrogens is 415 g/mol. The molecule has 0 bridgehead atoms. The molecule has 2 heteroatoms. The average molecular weight is 451 g/mol. The molecule has 0 spiro atoms. The SMILES string of the molecule is ClPCCCCCCCC(Cc1ccccc1)(Cc1ccccc1)Cc1ccccc1. The van der Waals surface area contributed by atoms with Crippen molar-refractivity contribution in [1.82, 2.24) is 0 Å². The van der Waals surface area contributed by atoms with Gasteiger partial charge in [0.05, 0.1) is 0 Å². The fraction of sp³-hybridized carbons (Fsp3) is 0.379. The van der Waals surface area contributed by atoms with Gasteiger partial charge in [0.25, 0.3) is 0 Å². The molecule has 1 atom stereocenters. The summed E-state index contributed by atoms with van der Waals surface area (Å²) in [6.45, 7) is 0. The number of hydrogen-bond donors (Lipinski definition) is 0. The van der Waals surface area contributed by atoms with E-state index in [1.54, 1.807) is 0 Å². The summed E-state index contributed by atoms with van der Waals surface area (Å²) in [4.78, 5) is 0. The van der Waals surface area contributed by atoms with E-state index in [0.717, 1.165) is 19.3 Å². The highest BCUT2D eigenvalue weighted by atomic mass is 35.7. The molecule has 0 aliphatic carbocycles. The molecule has 0 N–H and O–H groups in total. The number of benzene rings is 3. The van der Waals surface area contributed by atoms with Gasteiger partial charge in [-0.15, -0.1) is 11.2 Å². The van der Waals surface area contributed by atoms with E-state index in [9.17, 15) is 0 Å². The quantitative estimate of drug-likeness (QED) is 0.170. The van der Waals surface area contributed by atoms with Gasteiger partial charge in [-0.1, -0.05) is 117 Å². The van der Waals surface area contributed by atoms with Crippen molar-refractivity contribution in [3.8, 4) is 0 Å². The molecule has 0 heterocycles. The largest absolute Gasteiger partial charge is 0.100 e. The third kappa shape index (κ3) is 8.80. The summed E-state index contributed by atoms with van der Waals surface area (Å²) in [5.41, 5.74) is 4.61. The van der Waals surface area contributed by atoms with Gasteiger partial charge < -0.3 is 0 Å². The third-order valence-corrected chi connectivity index (χ3v) is 7.35. The lowest BCUT2D eigenvalue weighted by Crippen LogP contribution is -2.30. The normalized spacial score (nSPS) is 11.9. The maximum absolute atomic E-state index is 5.86. The lowest BCUT2D eigenvalue weighted by Gasteiger charge is -2.35. The van der Waals surface area contributed by atoms with Crippen LogP contribution in [0.25, 0.3) is 0 Å². The summed E-state index contributed by atoms with van der Waals surface area (Å²) in [6.07, 6.45) is 12.4. The lowest BCUT2D eigenvalue weighted by atomic mass is 9.69. The summed E-state index contributed by atoms with van der Waals surface area (Å²) in [5, 5.41) is 0. The maximum Gasteiger partial charge on any atom is -0.0176 e. The Morgan fingerprint density at radius 3 is 1.32 bits per heavy atom. The van der Waals surface area contributed by atoms with Crippen molar-refractivity contribution < 1.29 is 0 Å². The molecule has 3 aromatic rings. The Balaban J connectivity index is 1.78. The van der Waals surface area contributed by atoms with Crippen molar-refractivity contribution in [3.05, 3.63) is 108 Å². The highest BCUT2D eigenvalue weighted by Crippen LogP contribution is 2.37. The van der Waals surface area contributed by atoms with Crippen LogP contribution in [0.2, 0.25) is 0 Å². The van der Waals surface area contributed by atoms with Crippen LogP contribution in [-0.2, 0) is 19.3 Å². The van der Waals surface area contributed by atoms with Crippen LogP contribution in [-0.4, -0.2) is 6.16 Å². The topological polar surface area (TPSA) is 0 Å². The summed E-state index contributed by atoms with van der Waals surface area (Å²) >= 11 is 5.86. The summed E-state index contributed by atoms with van der Waals surface area (Å²) in [6, 6.07) is 33.3. The van der Waals surface area contributed by atoms with Crippen molar-refractivity contribution in [2.45, 2.75) is 57.8 Å². The molecule has 1 unspecified atom stereocenters. The van der Waals surface area contributed by atoms with E-state index < -0.39 is 0 Å². The number of unbranched alkanes of at least 4 members (excludes halogenated alkanes) is 4. The van der Waals surface area contributed by atoms with Crippen molar-refractivity contribution in [2.24, 2.45) is 5.41 Å². The molecule has 0 saturated heterocycles. The Kier molecular flexibility index (Phi) is 10.6. The standard InChI is InChI=1S/C29H36ClP/c30-31-22-14-3-1-2-13-21-29(23-26-15-7-4-8-16-26,24-27-17-9-5-10-18-27)25-28-19-11-6-12-20-28/h4-12,15-20,31H,1-3,13-14,21-25H2. The van der Waals surface area contributed by atoms with Gasteiger partial charge >= 0.3 is 0 Å². The molecule has 31 heavy (non-hydrogen) atoms. The molecule has 164 valence electrons. The zero-order valence-electron chi connectivity index (χ0n) is 18.6. The molecular formula is C29H36ClP. The Bertz CT molecular complexity index is 731. The lowest BCUT2D eigenvalue weighted by molar-refractivity contribution is 0.243. The maximum atomic E-state index is 5.86. The Labute approximate surface area is 196 Å². The second-order valence-electron chi connectivity index (χ2n) is 8.89. The van der Waals surface area contributed by atoms with E-state index in [-0.39, 0.29) is 5.41 Å². The van der Waals surface area contributed by atoms with Crippen molar-refractivity contribution >= 4 is 19.2 Å².